The lowest BCUT2D eigenvalue weighted by Crippen LogP contribution is -2.22. The number of amides is 1. The number of benzene rings is 1. The zero-order valence-corrected chi connectivity index (χ0v) is 14.2. The number of rotatable bonds is 3. The molecule has 1 amide bonds. The Morgan fingerprint density at radius 2 is 2.05 bits per heavy atom. The Hall–Kier alpha value is -2.15. The average Bonchev–Trinajstić information content (AvgIpc) is 2.92. The van der Waals surface area contributed by atoms with E-state index in [4.69, 9.17) is 0 Å². The maximum Gasteiger partial charge on any atom is 0.248 e. The van der Waals surface area contributed by atoms with E-state index in [9.17, 15) is 4.79 Å². The number of anilines is 1. The molecule has 7 heteroatoms. The highest BCUT2D eigenvalue weighted by Gasteiger charge is 2.14. The highest BCUT2D eigenvalue weighted by molar-refractivity contribution is 9.10. The van der Waals surface area contributed by atoms with E-state index >= 15 is 0 Å². The summed E-state index contributed by atoms with van der Waals surface area (Å²) in [7, 11) is 1.88. The molecule has 2 aromatic heterocycles. The minimum Gasteiger partial charge on any atom is -0.313 e. The average molecular weight is 362 g/mol. The van der Waals surface area contributed by atoms with Crippen LogP contribution in [0.5, 0.6) is 0 Å². The van der Waals surface area contributed by atoms with Crippen LogP contribution in [0.1, 0.15) is 11.4 Å². The highest BCUT2D eigenvalue weighted by Crippen LogP contribution is 2.20. The van der Waals surface area contributed by atoms with Crippen LogP contribution in [0.25, 0.3) is 11.0 Å². The van der Waals surface area contributed by atoms with Gasteiger partial charge in [-0.25, -0.2) is 4.98 Å². The van der Waals surface area contributed by atoms with E-state index in [1.807, 2.05) is 49.7 Å². The molecule has 3 rings (SSSR count). The van der Waals surface area contributed by atoms with Gasteiger partial charge in [-0.2, -0.15) is 5.10 Å². The van der Waals surface area contributed by atoms with Gasteiger partial charge in [-0.3, -0.25) is 14.8 Å². The maximum absolute atomic E-state index is 12.2. The molecule has 0 saturated carbocycles. The predicted molar refractivity (Wildman–Crippen MR) is 88.7 cm³/mol. The summed E-state index contributed by atoms with van der Waals surface area (Å²) in [4.78, 5) is 16.7. The van der Waals surface area contributed by atoms with Crippen LogP contribution in [-0.2, 0) is 18.4 Å². The Morgan fingerprint density at radius 3 is 2.68 bits per heavy atom. The topological polar surface area (TPSA) is 64.7 Å². The van der Waals surface area contributed by atoms with Gasteiger partial charge in [0.15, 0.2) is 0 Å². The van der Waals surface area contributed by atoms with E-state index < -0.39 is 0 Å². The van der Waals surface area contributed by atoms with Gasteiger partial charge >= 0.3 is 0 Å². The predicted octanol–water partition coefficient (Wildman–Crippen LogP) is 2.79. The number of imidazole rings is 1. The fraction of sp³-hybridized carbons (Fsp3) is 0.267. The van der Waals surface area contributed by atoms with Crippen molar-refractivity contribution < 1.29 is 4.79 Å². The molecular weight excluding hydrogens is 346 g/mol. The number of para-hydroxylation sites is 2. The molecule has 1 aromatic carbocycles. The minimum atomic E-state index is -0.156. The first-order chi connectivity index (χ1) is 10.5. The summed E-state index contributed by atoms with van der Waals surface area (Å²) in [5.41, 5.74) is 3.63. The molecule has 0 aliphatic rings. The van der Waals surface area contributed by atoms with Crippen LogP contribution in [0.3, 0.4) is 0 Å². The van der Waals surface area contributed by atoms with Crippen molar-refractivity contribution in [3.63, 3.8) is 0 Å². The lowest BCUT2D eigenvalue weighted by Gasteiger charge is -2.06. The Balaban J connectivity index is 1.81. The summed E-state index contributed by atoms with van der Waals surface area (Å²) in [6, 6.07) is 7.76. The van der Waals surface area contributed by atoms with Crippen molar-refractivity contribution in [2.24, 2.45) is 7.05 Å². The van der Waals surface area contributed by atoms with Gasteiger partial charge in [0, 0.05) is 7.05 Å². The van der Waals surface area contributed by atoms with Crippen molar-refractivity contribution in [3.8, 4) is 0 Å². The second kappa shape index (κ2) is 5.57. The largest absolute Gasteiger partial charge is 0.313 e. The van der Waals surface area contributed by atoms with Crippen LogP contribution in [0, 0.1) is 13.8 Å². The monoisotopic (exact) mass is 361 g/mol. The van der Waals surface area contributed by atoms with Gasteiger partial charge in [-0.05, 0) is 41.9 Å². The molecule has 114 valence electrons. The number of halogens is 1. The fourth-order valence-corrected chi connectivity index (χ4v) is 2.67. The normalized spacial score (nSPS) is 11.1. The number of nitrogens with zero attached hydrogens (tertiary/aromatic N) is 4. The van der Waals surface area contributed by atoms with Crippen molar-refractivity contribution >= 4 is 38.8 Å². The third kappa shape index (κ3) is 2.52. The molecule has 6 nitrogen and oxygen atoms in total. The molecule has 0 aliphatic heterocycles. The summed E-state index contributed by atoms with van der Waals surface area (Å²) < 4.78 is 4.48. The SMILES string of the molecule is Cc1nn(CC(=O)Nc2nc3ccccc3n2C)c(C)c1Br. The molecule has 22 heavy (non-hydrogen) atoms. The molecule has 0 spiro atoms. The highest BCUT2D eigenvalue weighted by atomic mass is 79.9. The second-order valence-corrected chi connectivity index (χ2v) is 5.97. The first-order valence-electron chi connectivity index (χ1n) is 6.88. The van der Waals surface area contributed by atoms with Gasteiger partial charge in [0.25, 0.3) is 0 Å². The van der Waals surface area contributed by atoms with Crippen LogP contribution in [0.15, 0.2) is 28.7 Å². The van der Waals surface area contributed by atoms with Crippen molar-refractivity contribution in [1.29, 1.82) is 0 Å². The van der Waals surface area contributed by atoms with Crippen molar-refractivity contribution in [1.82, 2.24) is 19.3 Å². The van der Waals surface area contributed by atoms with E-state index in [2.05, 4.69) is 31.3 Å². The smallest absolute Gasteiger partial charge is 0.248 e. The number of carbonyl (C=O) groups excluding carboxylic acids is 1. The van der Waals surface area contributed by atoms with E-state index in [-0.39, 0.29) is 12.5 Å². The quantitative estimate of drug-likeness (QED) is 0.779. The lowest BCUT2D eigenvalue weighted by molar-refractivity contribution is -0.117. The third-order valence-electron chi connectivity index (χ3n) is 3.62. The molecular formula is C15H16BrN5O. The Morgan fingerprint density at radius 1 is 1.32 bits per heavy atom. The number of aryl methyl sites for hydroxylation is 2. The molecule has 0 unspecified atom stereocenters. The number of carbonyl (C=O) groups is 1. The van der Waals surface area contributed by atoms with Crippen LogP contribution in [0.4, 0.5) is 5.95 Å². The third-order valence-corrected chi connectivity index (χ3v) is 4.77. The molecule has 0 radical (unpaired) electrons. The summed E-state index contributed by atoms with van der Waals surface area (Å²) in [5.74, 6) is 0.378. The summed E-state index contributed by atoms with van der Waals surface area (Å²) in [6.07, 6.45) is 0. The molecule has 2 heterocycles. The van der Waals surface area contributed by atoms with E-state index in [1.165, 1.54) is 0 Å². The Labute approximate surface area is 136 Å². The van der Waals surface area contributed by atoms with Crippen LogP contribution < -0.4 is 5.32 Å². The molecule has 0 fully saturated rings. The molecule has 0 atom stereocenters. The number of hydrogen-bond acceptors (Lipinski definition) is 3. The second-order valence-electron chi connectivity index (χ2n) is 5.17. The standard InChI is InChI=1S/C15H16BrN5O/c1-9-14(16)10(2)21(19-9)8-13(22)18-15-17-11-6-4-5-7-12(11)20(15)3/h4-7H,8H2,1-3H3,(H,17,18,22). The van der Waals surface area contributed by atoms with Gasteiger partial charge in [0.05, 0.1) is 26.9 Å². The van der Waals surface area contributed by atoms with Crippen molar-refractivity contribution in [2.75, 3.05) is 5.32 Å². The number of hydrogen-bond donors (Lipinski definition) is 1. The number of nitrogens with one attached hydrogen (secondary N) is 1. The van der Waals surface area contributed by atoms with E-state index in [1.54, 1.807) is 4.68 Å². The lowest BCUT2D eigenvalue weighted by atomic mass is 10.3. The summed E-state index contributed by atoms with van der Waals surface area (Å²) in [5, 5.41) is 7.18. The molecule has 0 aliphatic carbocycles. The van der Waals surface area contributed by atoms with Crippen LogP contribution in [-0.4, -0.2) is 25.2 Å². The molecule has 3 aromatic rings. The van der Waals surface area contributed by atoms with Crippen molar-refractivity contribution in [2.45, 2.75) is 20.4 Å². The van der Waals surface area contributed by atoms with Gasteiger partial charge < -0.3 is 4.57 Å². The minimum absolute atomic E-state index is 0.154. The van der Waals surface area contributed by atoms with Gasteiger partial charge in [0.2, 0.25) is 11.9 Å². The van der Waals surface area contributed by atoms with Crippen LogP contribution in [0.2, 0.25) is 0 Å². The Bertz CT molecular complexity index is 864. The molecule has 0 bridgehead atoms. The van der Waals surface area contributed by atoms with Gasteiger partial charge in [-0.15, -0.1) is 0 Å². The van der Waals surface area contributed by atoms with E-state index in [0.29, 0.717) is 5.95 Å². The summed E-state index contributed by atoms with van der Waals surface area (Å²) in [6.45, 7) is 3.98. The Kier molecular flexibility index (Phi) is 3.74. The van der Waals surface area contributed by atoms with Gasteiger partial charge in [-0.1, -0.05) is 12.1 Å². The number of fused-ring (bicyclic) bond motifs is 1. The zero-order chi connectivity index (χ0) is 15.9. The molecule has 0 saturated heterocycles. The van der Waals surface area contributed by atoms with E-state index in [0.717, 1.165) is 26.9 Å². The zero-order valence-electron chi connectivity index (χ0n) is 12.6. The maximum atomic E-state index is 12.2. The van der Waals surface area contributed by atoms with Gasteiger partial charge in [0.1, 0.15) is 6.54 Å². The first kappa shape index (κ1) is 14.8. The number of aromatic nitrogens is 4. The fourth-order valence-electron chi connectivity index (χ4n) is 2.39. The summed E-state index contributed by atoms with van der Waals surface area (Å²) >= 11 is 3.46. The van der Waals surface area contributed by atoms with Crippen LogP contribution >= 0.6 is 15.9 Å². The molecule has 1 N–H and O–H groups in total. The van der Waals surface area contributed by atoms with Crippen molar-refractivity contribution in [3.05, 3.63) is 40.1 Å². The first-order valence-corrected chi connectivity index (χ1v) is 7.67.